The lowest BCUT2D eigenvalue weighted by Gasteiger charge is -2.17. The summed E-state index contributed by atoms with van der Waals surface area (Å²) in [6, 6.07) is 7.88. The number of ketones is 1. The van der Waals surface area contributed by atoms with E-state index in [1.165, 1.54) is 17.0 Å². The van der Waals surface area contributed by atoms with Gasteiger partial charge in [-0.3, -0.25) is 9.59 Å². The first-order chi connectivity index (χ1) is 11.7. The van der Waals surface area contributed by atoms with Crippen molar-refractivity contribution < 1.29 is 22.8 Å². The van der Waals surface area contributed by atoms with Gasteiger partial charge in [-0.15, -0.1) is 11.3 Å². The summed E-state index contributed by atoms with van der Waals surface area (Å²) in [6.45, 7) is 0.177. The molecular weight excluding hydrogens is 375 g/mol. The van der Waals surface area contributed by atoms with E-state index < -0.39 is 11.7 Å². The Hall–Kier alpha value is -1.86. The van der Waals surface area contributed by atoms with Gasteiger partial charge in [-0.05, 0) is 29.8 Å². The number of amides is 1. The van der Waals surface area contributed by atoms with Crippen molar-refractivity contribution in [2.75, 3.05) is 7.05 Å². The second kappa shape index (κ2) is 8.01. The average Bonchev–Trinajstić information content (AvgIpc) is 2.98. The van der Waals surface area contributed by atoms with Gasteiger partial charge in [0.1, 0.15) is 0 Å². The molecule has 25 heavy (non-hydrogen) atoms. The van der Waals surface area contributed by atoms with Gasteiger partial charge in [0.15, 0.2) is 5.78 Å². The Balaban J connectivity index is 1.86. The molecule has 0 bridgehead atoms. The minimum Gasteiger partial charge on any atom is -0.341 e. The molecule has 1 aromatic heterocycles. The van der Waals surface area contributed by atoms with Crippen molar-refractivity contribution in [3.05, 3.63) is 56.7 Å². The number of Topliss-reactive ketones (excluding diaryl/α,β-unsaturated/α-hetero) is 1. The monoisotopic (exact) mass is 389 g/mol. The van der Waals surface area contributed by atoms with Crippen molar-refractivity contribution in [1.82, 2.24) is 4.90 Å². The third-order valence-corrected chi connectivity index (χ3v) is 4.81. The maximum atomic E-state index is 12.5. The number of hydrogen-bond donors (Lipinski definition) is 0. The molecule has 1 aromatic carbocycles. The molecule has 134 valence electrons. The first-order valence-electron chi connectivity index (χ1n) is 7.35. The van der Waals surface area contributed by atoms with Gasteiger partial charge in [0, 0.05) is 26.4 Å². The Morgan fingerprint density at radius 3 is 2.24 bits per heavy atom. The highest BCUT2D eigenvalue weighted by atomic mass is 35.5. The zero-order chi connectivity index (χ0) is 18.6. The van der Waals surface area contributed by atoms with Crippen LogP contribution in [0.5, 0.6) is 0 Å². The summed E-state index contributed by atoms with van der Waals surface area (Å²) in [4.78, 5) is 25.9. The number of carbonyl (C=O) groups excluding carboxylic acids is 2. The number of nitrogens with zero attached hydrogens (tertiary/aromatic N) is 1. The molecule has 0 radical (unpaired) electrons. The minimum atomic E-state index is -4.38. The lowest BCUT2D eigenvalue weighted by molar-refractivity contribution is -0.137. The summed E-state index contributed by atoms with van der Waals surface area (Å²) < 4.78 is 38.1. The highest BCUT2D eigenvalue weighted by Gasteiger charge is 2.30. The van der Waals surface area contributed by atoms with E-state index >= 15 is 0 Å². The van der Waals surface area contributed by atoms with Crippen molar-refractivity contribution >= 4 is 34.6 Å². The van der Waals surface area contributed by atoms with Crippen molar-refractivity contribution in [2.45, 2.75) is 25.6 Å². The van der Waals surface area contributed by atoms with Crippen LogP contribution in [0.2, 0.25) is 4.34 Å². The summed E-state index contributed by atoms with van der Waals surface area (Å²) in [5.41, 5.74) is -0.148. The molecule has 0 spiro atoms. The molecule has 0 aliphatic heterocycles. The van der Waals surface area contributed by atoms with Gasteiger partial charge >= 0.3 is 6.18 Å². The van der Waals surface area contributed by atoms with Crippen LogP contribution in [0, 0.1) is 0 Å². The number of rotatable bonds is 6. The predicted octanol–water partition coefficient (Wildman–Crippen LogP) is 5.04. The smallest absolute Gasteiger partial charge is 0.341 e. The second-order valence-electron chi connectivity index (χ2n) is 5.47. The van der Waals surface area contributed by atoms with E-state index in [0.717, 1.165) is 23.5 Å². The van der Waals surface area contributed by atoms with E-state index in [2.05, 4.69) is 0 Å². The Morgan fingerprint density at radius 1 is 1.08 bits per heavy atom. The molecule has 1 heterocycles. The van der Waals surface area contributed by atoms with Gasteiger partial charge < -0.3 is 4.90 Å². The van der Waals surface area contributed by atoms with Gasteiger partial charge in [-0.1, -0.05) is 23.7 Å². The van der Waals surface area contributed by atoms with Crippen LogP contribution in [-0.4, -0.2) is 23.6 Å². The number of benzene rings is 1. The molecule has 0 unspecified atom stereocenters. The number of alkyl halides is 3. The third-order valence-electron chi connectivity index (χ3n) is 3.54. The molecule has 3 nitrogen and oxygen atoms in total. The van der Waals surface area contributed by atoms with Crippen molar-refractivity contribution in [2.24, 2.45) is 0 Å². The molecule has 0 atom stereocenters. The summed E-state index contributed by atoms with van der Waals surface area (Å²) in [5.74, 6) is -0.413. The zero-order valence-corrected chi connectivity index (χ0v) is 14.8. The summed E-state index contributed by atoms with van der Waals surface area (Å²) in [5, 5.41) is 0. The first-order valence-corrected chi connectivity index (χ1v) is 8.55. The molecule has 0 aliphatic carbocycles. The Morgan fingerprint density at radius 2 is 1.72 bits per heavy atom. The molecule has 2 rings (SSSR count). The van der Waals surface area contributed by atoms with Crippen LogP contribution in [0.15, 0.2) is 36.4 Å². The van der Waals surface area contributed by atoms with Crippen LogP contribution in [0.25, 0.3) is 0 Å². The van der Waals surface area contributed by atoms with E-state index in [0.29, 0.717) is 14.8 Å². The van der Waals surface area contributed by atoms with Crippen LogP contribution >= 0.6 is 22.9 Å². The predicted molar refractivity (Wildman–Crippen MR) is 90.8 cm³/mol. The molecule has 0 fully saturated rings. The largest absolute Gasteiger partial charge is 0.416 e. The normalized spacial score (nSPS) is 11.4. The number of halogens is 4. The lowest BCUT2D eigenvalue weighted by Crippen LogP contribution is -2.26. The topological polar surface area (TPSA) is 37.4 Å². The van der Waals surface area contributed by atoms with Gasteiger partial charge in [0.2, 0.25) is 5.91 Å². The molecule has 1 amide bonds. The molecule has 0 saturated carbocycles. The van der Waals surface area contributed by atoms with E-state index in [9.17, 15) is 22.8 Å². The average molecular weight is 390 g/mol. The zero-order valence-electron chi connectivity index (χ0n) is 13.3. The Bertz CT molecular complexity index is 756. The molecule has 0 N–H and O–H groups in total. The number of thiophene rings is 1. The quantitative estimate of drug-likeness (QED) is 0.649. The lowest BCUT2D eigenvalue weighted by atomic mass is 10.1. The molecule has 8 heteroatoms. The Kier molecular flexibility index (Phi) is 6.24. The fourth-order valence-electron chi connectivity index (χ4n) is 2.16. The van der Waals surface area contributed by atoms with Crippen LogP contribution in [0.4, 0.5) is 13.2 Å². The fraction of sp³-hybridized carbons (Fsp3) is 0.294. The van der Waals surface area contributed by atoms with Crippen LogP contribution < -0.4 is 0 Å². The van der Waals surface area contributed by atoms with Crippen molar-refractivity contribution in [3.8, 4) is 0 Å². The maximum absolute atomic E-state index is 12.5. The maximum Gasteiger partial charge on any atom is 0.416 e. The van der Waals surface area contributed by atoms with E-state index in [4.69, 9.17) is 11.6 Å². The second-order valence-corrected chi connectivity index (χ2v) is 7.19. The molecule has 0 saturated heterocycles. The van der Waals surface area contributed by atoms with E-state index in [1.807, 2.05) is 0 Å². The third kappa shape index (κ3) is 5.57. The highest BCUT2D eigenvalue weighted by Crippen LogP contribution is 2.29. The van der Waals surface area contributed by atoms with Gasteiger partial charge in [-0.2, -0.15) is 13.2 Å². The molecule has 2 aromatic rings. The van der Waals surface area contributed by atoms with Crippen LogP contribution in [0.3, 0.4) is 0 Å². The first kappa shape index (κ1) is 19.5. The minimum absolute atomic E-state index is 0.0332. The van der Waals surface area contributed by atoms with E-state index in [1.54, 1.807) is 19.2 Å². The fourth-order valence-corrected chi connectivity index (χ4v) is 3.17. The van der Waals surface area contributed by atoms with E-state index in [-0.39, 0.29) is 31.1 Å². The summed E-state index contributed by atoms with van der Waals surface area (Å²) in [7, 11) is 1.55. The Labute approximate surface area is 152 Å². The number of carbonyl (C=O) groups is 2. The van der Waals surface area contributed by atoms with Gasteiger partial charge in [-0.25, -0.2) is 0 Å². The van der Waals surface area contributed by atoms with Crippen LogP contribution in [-0.2, 0) is 17.5 Å². The summed E-state index contributed by atoms with van der Waals surface area (Å²) >= 11 is 6.93. The van der Waals surface area contributed by atoms with Crippen molar-refractivity contribution in [3.63, 3.8) is 0 Å². The van der Waals surface area contributed by atoms with Gasteiger partial charge in [0.05, 0.1) is 14.8 Å². The molecular formula is C17H15ClF3NO2S. The van der Waals surface area contributed by atoms with Crippen molar-refractivity contribution in [1.29, 1.82) is 0 Å². The standard InChI is InChI=1S/C17H15ClF3NO2S/c1-22(10-11-2-4-12(5-3-11)17(19,20)21)16(24)9-6-13(23)14-7-8-15(18)25-14/h2-5,7-8H,6,9-10H2,1H3. The van der Waals surface area contributed by atoms with Crippen LogP contribution in [0.1, 0.15) is 33.6 Å². The SMILES string of the molecule is CN(Cc1ccc(C(F)(F)F)cc1)C(=O)CCC(=O)c1ccc(Cl)s1. The van der Waals surface area contributed by atoms with Gasteiger partial charge in [0.25, 0.3) is 0 Å². The highest BCUT2D eigenvalue weighted by molar-refractivity contribution is 7.18. The summed E-state index contributed by atoms with van der Waals surface area (Å²) in [6.07, 6.45) is -4.29. The molecule has 0 aliphatic rings. The number of hydrogen-bond acceptors (Lipinski definition) is 3.